The highest BCUT2D eigenvalue weighted by Crippen LogP contribution is 2.41. The lowest BCUT2D eigenvalue weighted by atomic mass is 9.59. The summed E-state index contributed by atoms with van der Waals surface area (Å²) in [5, 5.41) is 27.7. The largest absolute Gasteiger partial charge is 0.481 e. The third-order valence-electron chi connectivity index (χ3n) is 5.60. The van der Waals surface area contributed by atoms with E-state index >= 15 is 0 Å². The van der Waals surface area contributed by atoms with Gasteiger partial charge in [-0.05, 0) is 26.2 Å². The highest BCUT2D eigenvalue weighted by Gasteiger charge is 2.64. The van der Waals surface area contributed by atoms with Crippen molar-refractivity contribution < 1.29 is 48.8 Å². The van der Waals surface area contributed by atoms with E-state index in [1.54, 1.807) is 0 Å². The van der Waals surface area contributed by atoms with Crippen molar-refractivity contribution in [1.82, 2.24) is 0 Å². The first-order valence-electron chi connectivity index (χ1n) is 10.5. The molecule has 13 heteroatoms. The van der Waals surface area contributed by atoms with Gasteiger partial charge in [0.25, 0.3) is 0 Å². The van der Waals surface area contributed by atoms with Crippen LogP contribution in [0.4, 0.5) is 0 Å². The number of carboxylic acid groups (broad SMARTS) is 3. The Hall–Kier alpha value is -3.16. The average Bonchev–Trinajstić information content (AvgIpc) is 2.77. The number of rotatable bonds is 17. The van der Waals surface area contributed by atoms with Gasteiger partial charge in [-0.2, -0.15) is 0 Å². The maximum atomic E-state index is 13.4. The number of esters is 1. The highest BCUT2D eigenvalue weighted by molar-refractivity contribution is 6.19. The number of ketones is 2. The molecule has 0 aromatic rings. The number of carbonyl (C=O) groups is 6. The van der Waals surface area contributed by atoms with Crippen LogP contribution in [0.5, 0.6) is 0 Å². The van der Waals surface area contributed by atoms with Crippen LogP contribution in [0.15, 0.2) is 12.2 Å². The van der Waals surface area contributed by atoms with Crippen molar-refractivity contribution in [2.75, 3.05) is 6.61 Å². The minimum atomic E-state index is -3.20. The van der Waals surface area contributed by atoms with Crippen molar-refractivity contribution in [2.45, 2.75) is 70.0 Å². The van der Waals surface area contributed by atoms with E-state index in [1.165, 1.54) is 0 Å². The van der Waals surface area contributed by atoms with Crippen LogP contribution in [-0.2, 0) is 33.5 Å². The monoisotopic (exact) mass is 487 g/mol. The number of carbonyl (C=O) groups excluding carboxylic acids is 3. The van der Waals surface area contributed by atoms with Crippen molar-refractivity contribution in [2.24, 2.45) is 22.6 Å². The zero-order valence-electron chi connectivity index (χ0n) is 19.2. The summed E-state index contributed by atoms with van der Waals surface area (Å²) >= 11 is 0. The Morgan fingerprint density at radius 2 is 1.35 bits per heavy atom. The molecule has 0 saturated heterocycles. The van der Waals surface area contributed by atoms with Crippen LogP contribution < -0.4 is 17.2 Å². The van der Waals surface area contributed by atoms with Gasteiger partial charge in [0.2, 0.25) is 0 Å². The van der Waals surface area contributed by atoms with Gasteiger partial charge in [-0.15, -0.1) is 0 Å². The zero-order chi connectivity index (χ0) is 26.9. The number of carboxylic acids is 3. The predicted molar refractivity (Wildman–Crippen MR) is 117 cm³/mol. The van der Waals surface area contributed by atoms with Crippen LogP contribution >= 0.6 is 0 Å². The number of ether oxygens (including phenoxy) is 1. The lowest BCUT2D eigenvalue weighted by Gasteiger charge is -2.43. The summed E-state index contributed by atoms with van der Waals surface area (Å²) in [6, 6.07) is -3.38. The maximum Gasteiger partial charge on any atom is 0.334 e. The van der Waals surface area contributed by atoms with Crippen LogP contribution in [0.3, 0.4) is 0 Å². The Labute approximate surface area is 196 Å². The van der Waals surface area contributed by atoms with E-state index in [4.69, 9.17) is 32.2 Å². The van der Waals surface area contributed by atoms with Gasteiger partial charge in [-0.25, -0.2) is 9.59 Å². The van der Waals surface area contributed by atoms with Gasteiger partial charge in [-0.3, -0.25) is 19.2 Å². The fraction of sp³-hybridized carbons (Fsp3) is 0.619. The maximum absolute atomic E-state index is 13.4. The Balaban J connectivity index is 6.62. The van der Waals surface area contributed by atoms with Gasteiger partial charge in [0, 0.05) is 18.4 Å². The van der Waals surface area contributed by atoms with Crippen molar-refractivity contribution in [3.8, 4) is 0 Å². The van der Waals surface area contributed by atoms with Gasteiger partial charge < -0.3 is 37.3 Å². The van der Waals surface area contributed by atoms with Crippen LogP contribution in [0.1, 0.15) is 52.4 Å². The lowest BCUT2D eigenvalue weighted by molar-refractivity contribution is -0.160. The lowest BCUT2D eigenvalue weighted by Crippen LogP contribution is -2.73. The zero-order valence-corrected chi connectivity index (χ0v) is 19.2. The third kappa shape index (κ3) is 6.92. The van der Waals surface area contributed by atoms with Crippen molar-refractivity contribution in [1.29, 1.82) is 0 Å². The number of Topliss-reactive ketones (excluding diaryl/α,β-unsaturated/α-hetero) is 2. The third-order valence-corrected chi connectivity index (χ3v) is 5.60. The summed E-state index contributed by atoms with van der Waals surface area (Å²) in [5.74, 6) is -8.56. The molecule has 0 spiro atoms. The van der Waals surface area contributed by atoms with E-state index in [2.05, 4.69) is 6.58 Å². The molecule has 0 heterocycles. The van der Waals surface area contributed by atoms with Crippen LogP contribution in [-0.4, -0.2) is 75.0 Å². The first-order valence-corrected chi connectivity index (χ1v) is 10.5. The summed E-state index contributed by atoms with van der Waals surface area (Å²) in [6.45, 7) is 6.05. The molecule has 4 unspecified atom stereocenters. The summed E-state index contributed by atoms with van der Waals surface area (Å²) in [6.07, 6.45) is -1.07. The minimum Gasteiger partial charge on any atom is -0.481 e. The van der Waals surface area contributed by atoms with Crippen LogP contribution in [0.2, 0.25) is 0 Å². The Kier molecular flexibility index (Phi) is 11.7. The summed E-state index contributed by atoms with van der Waals surface area (Å²) < 4.78 is 5.02. The molecule has 4 atom stereocenters. The van der Waals surface area contributed by atoms with E-state index in [-0.39, 0.29) is 6.61 Å². The molecule has 0 amide bonds. The average molecular weight is 488 g/mol. The topological polar surface area (TPSA) is 250 Å². The molecule has 0 aromatic carbocycles. The molecule has 0 saturated carbocycles. The Morgan fingerprint density at radius 3 is 1.74 bits per heavy atom. The minimum absolute atomic E-state index is 0.0968. The fourth-order valence-corrected chi connectivity index (χ4v) is 3.23. The number of unbranched alkanes of at least 4 members (excludes halogenated alkanes) is 1. The van der Waals surface area contributed by atoms with Gasteiger partial charge in [0.1, 0.15) is 0 Å². The van der Waals surface area contributed by atoms with Crippen LogP contribution in [0, 0.1) is 5.41 Å². The van der Waals surface area contributed by atoms with Gasteiger partial charge in [0.05, 0.1) is 24.1 Å². The molecule has 0 radical (unpaired) electrons. The van der Waals surface area contributed by atoms with Crippen molar-refractivity contribution in [3.63, 3.8) is 0 Å². The molecule has 0 rings (SSSR count). The quantitative estimate of drug-likeness (QED) is 0.0636. The molecule has 192 valence electrons. The molecular weight excluding hydrogens is 454 g/mol. The van der Waals surface area contributed by atoms with E-state index in [1.807, 2.05) is 6.92 Å². The molecule has 0 bridgehead atoms. The summed E-state index contributed by atoms with van der Waals surface area (Å²) in [7, 11) is 0. The standard InChI is InChI=1S/C21H33N3O10/c1-4-5-10-34-18(31)11(2)20(3,16(29)12(22)6-8-14(25)26)21(24,19(32)33)17(30)13(23)7-9-15(27)28/h12-13H,2,4-10,22-24H2,1,3H3,(H,25,26)(H,27,28)(H,32,33). The van der Waals surface area contributed by atoms with Crippen LogP contribution in [0.25, 0.3) is 0 Å². The molecule has 0 aliphatic heterocycles. The summed E-state index contributed by atoms with van der Waals surface area (Å²) in [4.78, 5) is 73.3. The number of nitrogens with two attached hydrogens (primary N) is 3. The molecule has 0 aliphatic rings. The molecule has 0 fully saturated rings. The normalized spacial score (nSPS) is 16.3. The van der Waals surface area contributed by atoms with Gasteiger partial charge in [-0.1, -0.05) is 19.9 Å². The number of hydrogen-bond donors (Lipinski definition) is 6. The van der Waals surface area contributed by atoms with Gasteiger partial charge >= 0.3 is 23.9 Å². The highest BCUT2D eigenvalue weighted by atomic mass is 16.5. The smallest absolute Gasteiger partial charge is 0.334 e. The van der Waals surface area contributed by atoms with Gasteiger partial charge in [0.15, 0.2) is 17.1 Å². The van der Waals surface area contributed by atoms with E-state index in [0.717, 1.165) is 6.92 Å². The van der Waals surface area contributed by atoms with E-state index < -0.39 is 89.7 Å². The Morgan fingerprint density at radius 1 is 0.912 bits per heavy atom. The second-order valence-corrected chi connectivity index (χ2v) is 8.01. The molecule has 34 heavy (non-hydrogen) atoms. The SMILES string of the molecule is C=C(C(=O)OCCCC)C(C)(C(=O)C(N)CCC(=O)O)C(N)(C(=O)O)C(=O)C(N)CCC(=O)O. The molecule has 9 N–H and O–H groups in total. The first kappa shape index (κ1) is 30.8. The molecule has 13 nitrogen and oxygen atoms in total. The number of aliphatic carboxylic acids is 3. The van der Waals surface area contributed by atoms with Crippen molar-refractivity contribution in [3.05, 3.63) is 12.2 Å². The second-order valence-electron chi connectivity index (χ2n) is 8.01. The number of hydrogen-bond acceptors (Lipinski definition) is 10. The van der Waals surface area contributed by atoms with E-state index in [9.17, 15) is 33.9 Å². The molecular formula is C21H33N3O10. The summed E-state index contributed by atoms with van der Waals surface area (Å²) in [5.41, 5.74) is 10.8. The molecule has 0 aliphatic carbocycles. The van der Waals surface area contributed by atoms with Crippen molar-refractivity contribution >= 4 is 35.4 Å². The fourth-order valence-electron chi connectivity index (χ4n) is 3.23. The second kappa shape index (κ2) is 12.9. The predicted octanol–water partition coefficient (Wildman–Crippen LogP) is -0.803. The Bertz CT molecular complexity index is 843. The first-order chi connectivity index (χ1) is 15.6. The molecule has 0 aromatic heterocycles. The van der Waals surface area contributed by atoms with E-state index in [0.29, 0.717) is 12.8 Å².